The van der Waals surface area contributed by atoms with Gasteiger partial charge in [0.2, 0.25) is 5.78 Å². The number of pyridine rings is 1. The Morgan fingerprint density at radius 3 is 2.56 bits per heavy atom. The number of amides is 1. The van der Waals surface area contributed by atoms with Crippen LogP contribution in [0.25, 0.3) is 5.65 Å². The number of ketones is 1. The molecule has 0 N–H and O–H groups in total. The van der Waals surface area contributed by atoms with Gasteiger partial charge in [-0.2, -0.15) is 0 Å². The van der Waals surface area contributed by atoms with E-state index < -0.39 is 17.4 Å². The fraction of sp³-hybridized carbons (Fsp3) is 0.250. The van der Waals surface area contributed by atoms with Gasteiger partial charge in [-0.05, 0) is 51.1 Å². The number of halogens is 2. The van der Waals surface area contributed by atoms with Crippen molar-refractivity contribution in [1.29, 1.82) is 0 Å². The van der Waals surface area contributed by atoms with Crippen molar-refractivity contribution in [2.75, 3.05) is 6.54 Å². The number of fused-ring (bicyclic) bond motifs is 1. The summed E-state index contributed by atoms with van der Waals surface area (Å²) in [5, 5.41) is 0. The molecule has 2 heterocycles. The summed E-state index contributed by atoms with van der Waals surface area (Å²) in [6.07, 6.45) is 2.39. The second-order valence-corrected chi connectivity index (χ2v) is 6.43. The first-order valence-electron chi connectivity index (χ1n) is 8.61. The van der Waals surface area contributed by atoms with Crippen molar-refractivity contribution in [3.05, 3.63) is 71.2 Å². The zero-order chi connectivity index (χ0) is 19.7. The van der Waals surface area contributed by atoms with Gasteiger partial charge in [0.25, 0.3) is 5.91 Å². The highest BCUT2D eigenvalue weighted by Crippen LogP contribution is 2.19. The highest BCUT2D eigenvalue weighted by Gasteiger charge is 2.22. The Balaban J connectivity index is 1.97. The third-order valence-electron chi connectivity index (χ3n) is 4.39. The van der Waals surface area contributed by atoms with Gasteiger partial charge in [-0.25, -0.2) is 13.8 Å². The molecule has 0 fully saturated rings. The molecule has 0 bridgehead atoms. The number of carbonyl (C=O) groups excluding carboxylic acids is 2. The van der Waals surface area contributed by atoms with Crippen molar-refractivity contribution in [1.82, 2.24) is 14.3 Å². The molecule has 0 atom stereocenters. The van der Waals surface area contributed by atoms with Crippen LogP contribution in [0.1, 0.15) is 47.2 Å². The molecule has 3 rings (SSSR count). The lowest BCUT2D eigenvalue weighted by Gasteiger charge is -2.25. The SMILES string of the molecule is CCN(C(=O)c1ccc(C(=O)c2cnc3ccc(F)cn23)c(F)c1)C(C)C. The van der Waals surface area contributed by atoms with E-state index in [1.807, 2.05) is 20.8 Å². The standard InChI is InChI=1S/C20H19F2N3O2/c1-4-24(12(2)3)20(27)13-5-7-15(16(22)9-13)19(26)17-10-23-18-8-6-14(21)11-25(17)18/h5-12H,4H2,1-3H3. The quantitative estimate of drug-likeness (QED) is 0.643. The largest absolute Gasteiger partial charge is 0.337 e. The van der Waals surface area contributed by atoms with Crippen LogP contribution in [0.15, 0.2) is 42.7 Å². The van der Waals surface area contributed by atoms with Gasteiger partial charge in [-0.1, -0.05) is 0 Å². The number of imidazole rings is 1. The predicted octanol–water partition coefficient (Wildman–Crippen LogP) is 3.71. The van der Waals surface area contributed by atoms with Gasteiger partial charge in [0.15, 0.2) is 0 Å². The predicted molar refractivity (Wildman–Crippen MR) is 96.8 cm³/mol. The summed E-state index contributed by atoms with van der Waals surface area (Å²) in [6.45, 7) is 6.08. The van der Waals surface area contributed by atoms with Gasteiger partial charge >= 0.3 is 0 Å². The molecule has 1 amide bonds. The van der Waals surface area contributed by atoms with Crippen molar-refractivity contribution >= 4 is 17.3 Å². The van der Waals surface area contributed by atoms with E-state index >= 15 is 0 Å². The first-order valence-corrected chi connectivity index (χ1v) is 8.61. The molecule has 0 aliphatic carbocycles. The van der Waals surface area contributed by atoms with E-state index in [2.05, 4.69) is 4.98 Å². The normalized spacial score (nSPS) is 11.2. The molecule has 27 heavy (non-hydrogen) atoms. The van der Waals surface area contributed by atoms with Crippen LogP contribution in [0.4, 0.5) is 8.78 Å². The van der Waals surface area contributed by atoms with E-state index in [1.165, 1.54) is 34.9 Å². The number of benzene rings is 1. The first kappa shape index (κ1) is 18.7. The highest BCUT2D eigenvalue weighted by atomic mass is 19.1. The molecule has 0 saturated heterocycles. The van der Waals surface area contributed by atoms with Crippen LogP contribution in [-0.4, -0.2) is 38.6 Å². The molecule has 0 aliphatic heterocycles. The molecule has 0 aliphatic rings. The molecular weight excluding hydrogens is 352 g/mol. The average molecular weight is 371 g/mol. The molecule has 0 unspecified atom stereocenters. The zero-order valence-corrected chi connectivity index (χ0v) is 15.2. The molecule has 2 aromatic heterocycles. The van der Waals surface area contributed by atoms with Gasteiger partial charge in [0.05, 0.1) is 11.8 Å². The lowest BCUT2D eigenvalue weighted by Crippen LogP contribution is -2.36. The summed E-state index contributed by atoms with van der Waals surface area (Å²) < 4.78 is 29.4. The molecule has 0 spiro atoms. The molecule has 140 valence electrons. The molecule has 7 heteroatoms. The molecule has 0 saturated carbocycles. The van der Waals surface area contributed by atoms with Crippen LogP contribution in [-0.2, 0) is 0 Å². The Bertz CT molecular complexity index is 1030. The summed E-state index contributed by atoms with van der Waals surface area (Å²) in [5.74, 6) is -2.29. The molecule has 0 radical (unpaired) electrons. The maximum absolute atomic E-state index is 14.6. The Labute approximate surface area is 155 Å². The van der Waals surface area contributed by atoms with Crippen molar-refractivity contribution in [2.24, 2.45) is 0 Å². The van der Waals surface area contributed by atoms with Gasteiger partial charge < -0.3 is 4.90 Å². The van der Waals surface area contributed by atoms with Crippen molar-refractivity contribution in [2.45, 2.75) is 26.8 Å². The van der Waals surface area contributed by atoms with Gasteiger partial charge in [0.1, 0.15) is 23.0 Å². The molecule has 5 nitrogen and oxygen atoms in total. The summed E-state index contributed by atoms with van der Waals surface area (Å²) in [4.78, 5) is 30.9. The van der Waals surface area contributed by atoms with E-state index in [0.29, 0.717) is 12.2 Å². The maximum Gasteiger partial charge on any atom is 0.254 e. The number of hydrogen-bond donors (Lipinski definition) is 0. The number of rotatable bonds is 5. The Kier molecular flexibility index (Phi) is 5.03. The second kappa shape index (κ2) is 7.26. The van der Waals surface area contributed by atoms with Crippen LogP contribution in [0, 0.1) is 11.6 Å². The minimum absolute atomic E-state index is 0.0278. The summed E-state index contributed by atoms with van der Waals surface area (Å²) in [6, 6.07) is 6.39. The van der Waals surface area contributed by atoms with Gasteiger partial charge in [-0.3, -0.25) is 14.0 Å². The van der Waals surface area contributed by atoms with Gasteiger partial charge in [0, 0.05) is 24.3 Å². The smallest absolute Gasteiger partial charge is 0.254 e. The minimum Gasteiger partial charge on any atom is -0.337 e. The van der Waals surface area contributed by atoms with E-state index in [0.717, 1.165) is 12.3 Å². The Morgan fingerprint density at radius 2 is 1.93 bits per heavy atom. The highest BCUT2D eigenvalue weighted by molar-refractivity contribution is 6.09. The first-order chi connectivity index (χ1) is 12.8. The number of carbonyl (C=O) groups is 2. The van der Waals surface area contributed by atoms with Crippen LogP contribution in [0.3, 0.4) is 0 Å². The number of nitrogens with zero attached hydrogens (tertiary/aromatic N) is 3. The molecule has 1 aromatic carbocycles. The Hall–Kier alpha value is -3.09. The fourth-order valence-corrected chi connectivity index (χ4v) is 3.00. The number of hydrogen-bond acceptors (Lipinski definition) is 3. The monoisotopic (exact) mass is 371 g/mol. The zero-order valence-electron chi connectivity index (χ0n) is 15.2. The Morgan fingerprint density at radius 1 is 1.19 bits per heavy atom. The topological polar surface area (TPSA) is 54.7 Å². The minimum atomic E-state index is -0.808. The molecule has 3 aromatic rings. The van der Waals surface area contributed by atoms with Crippen molar-refractivity contribution < 1.29 is 18.4 Å². The lowest BCUT2D eigenvalue weighted by molar-refractivity contribution is 0.0716. The van der Waals surface area contributed by atoms with Crippen LogP contribution < -0.4 is 0 Å². The lowest BCUT2D eigenvalue weighted by atomic mass is 10.0. The van der Waals surface area contributed by atoms with Crippen molar-refractivity contribution in [3.8, 4) is 0 Å². The van der Waals surface area contributed by atoms with E-state index in [4.69, 9.17) is 0 Å². The summed E-state index contributed by atoms with van der Waals surface area (Å²) in [7, 11) is 0. The third-order valence-corrected chi connectivity index (χ3v) is 4.39. The van der Waals surface area contributed by atoms with Crippen LogP contribution in [0.5, 0.6) is 0 Å². The molecular formula is C20H19F2N3O2. The maximum atomic E-state index is 14.6. The van der Waals surface area contributed by atoms with Crippen LogP contribution in [0.2, 0.25) is 0 Å². The van der Waals surface area contributed by atoms with E-state index in [9.17, 15) is 18.4 Å². The van der Waals surface area contributed by atoms with E-state index in [-0.39, 0.29) is 28.8 Å². The summed E-state index contributed by atoms with van der Waals surface area (Å²) >= 11 is 0. The van der Waals surface area contributed by atoms with E-state index in [1.54, 1.807) is 4.90 Å². The fourth-order valence-electron chi connectivity index (χ4n) is 3.00. The third kappa shape index (κ3) is 3.45. The van der Waals surface area contributed by atoms with Crippen molar-refractivity contribution in [3.63, 3.8) is 0 Å². The second-order valence-electron chi connectivity index (χ2n) is 6.43. The number of aromatic nitrogens is 2. The summed E-state index contributed by atoms with van der Waals surface area (Å²) in [5.41, 5.74) is 0.385. The van der Waals surface area contributed by atoms with Gasteiger partial charge in [-0.15, -0.1) is 0 Å². The van der Waals surface area contributed by atoms with Crippen LogP contribution >= 0.6 is 0 Å². The average Bonchev–Trinajstić information content (AvgIpc) is 3.04.